The third-order valence-electron chi connectivity index (χ3n) is 9.60. The minimum atomic E-state index is -1.09. The Hall–Kier alpha value is -5.04. The molecule has 7 nitrogen and oxygen atoms in total. The molecule has 246 valence electrons. The van der Waals surface area contributed by atoms with E-state index in [9.17, 15) is 14.4 Å². The molecule has 0 aromatic heterocycles. The molecule has 4 amide bonds. The molecule has 0 bridgehead atoms. The summed E-state index contributed by atoms with van der Waals surface area (Å²) in [6, 6.07) is 31.8. The number of rotatable bonds is 12. The maximum atomic E-state index is 15.2. The molecule has 4 aromatic rings. The Balaban J connectivity index is 1.40. The molecular formula is C41H43N3O4. The van der Waals surface area contributed by atoms with E-state index in [-0.39, 0.29) is 24.3 Å². The van der Waals surface area contributed by atoms with Crippen molar-refractivity contribution in [2.75, 3.05) is 9.80 Å². The quantitative estimate of drug-likeness (QED) is 0.116. The lowest BCUT2D eigenvalue weighted by Gasteiger charge is -2.45. The molecule has 0 aliphatic carbocycles. The number of para-hydroxylation sites is 2. The summed E-state index contributed by atoms with van der Waals surface area (Å²) in [7, 11) is 0. The second-order valence-electron chi connectivity index (χ2n) is 12.9. The molecular weight excluding hydrogens is 598 g/mol. The summed E-state index contributed by atoms with van der Waals surface area (Å²) in [6.07, 6.45) is 6.49. The number of nitrogens with zero attached hydrogens (tertiary/aromatic N) is 3. The molecule has 6 rings (SSSR count). The molecule has 48 heavy (non-hydrogen) atoms. The van der Waals surface area contributed by atoms with E-state index in [4.69, 9.17) is 0 Å². The SMILES string of the molecule is CCCCCCCC(=O)N1c2ccccc2[C@H](N(C(=O)[C@H](Cc2ccccc2)N2C(=O)c3ccccc3C2=O)c2ccccc2)C[C@@H]1C. The molecule has 0 saturated heterocycles. The second-order valence-corrected chi connectivity index (χ2v) is 12.9. The zero-order valence-electron chi connectivity index (χ0n) is 27.8. The first-order chi connectivity index (χ1) is 23.4. The summed E-state index contributed by atoms with van der Waals surface area (Å²) in [4.78, 5) is 61.5. The molecule has 0 spiro atoms. The predicted molar refractivity (Wildman–Crippen MR) is 189 cm³/mol. The summed E-state index contributed by atoms with van der Waals surface area (Å²) in [5.74, 6) is -1.19. The van der Waals surface area contributed by atoms with E-state index in [2.05, 4.69) is 6.92 Å². The molecule has 0 N–H and O–H groups in total. The topological polar surface area (TPSA) is 78.0 Å². The van der Waals surface area contributed by atoms with Gasteiger partial charge in [-0.15, -0.1) is 0 Å². The van der Waals surface area contributed by atoms with Crippen LogP contribution in [0.1, 0.15) is 96.7 Å². The Morgan fingerprint density at radius 1 is 0.750 bits per heavy atom. The van der Waals surface area contributed by atoms with E-state index in [0.29, 0.717) is 29.7 Å². The van der Waals surface area contributed by atoms with Crippen LogP contribution in [0.15, 0.2) is 109 Å². The van der Waals surface area contributed by atoms with Crippen molar-refractivity contribution >= 4 is 35.0 Å². The molecule has 7 heteroatoms. The Labute approximate surface area is 283 Å². The van der Waals surface area contributed by atoms with Crippen molar-refractivity contribution in [2.24, 2.45) is 0 Å². The highest BCUT2D eigenvalue weighted by molar-refractivity contribution is 6.23. The van der Waals surface area contributed by atoms with Crippen LogP contribution in [0.5, 0.6) is 0 Å². The van der Waals surface area contributed by atoms with Crippen LogP contribution in [0.4, 0.5) is 11.4 Å². The van der Waals surface area contributed by atoms with Crippen molar-refractivity contribution in [2.45, 2.75) is 83.3 Å². The van der Waals surface area contributed by atoms with Gasteiger partial charge < -0.3 is 9.80 Å². The van der Waals surface area contributed by atoms with Crippen molar-refractivity contribution in [1.29, 1.82) is 0 Å². The zero-order chi connectivity index (χ0) is 33.6. The van der Waals surface area contributed by atoms with Crippen LogP contribution in [-0.2, 0) is 16.0 Å². The number of fused-ring (bicyclic) bond motifs is 2. The summed E-state index contributed by atoms with van der Waals surface area (Å²) in [5.41, 5.74) is 3.79. The van der Waals surface area contributed by atoms with Crippen LogP contribution < -0.4 is 9.80 Å². The molecule has 0 fully saturated rings. The summed E-state index contributed by atoms with van der Waals surface area (Å²) >= 11 is 0. The van der Waals surface area contributed by atoms with Gasteiger partial charge in [-0.2, -0.15) is 0 Å². The molecule has 2 heterocycles. The van der Waals surface area contributed by atoms with Gasteiger partial charge in [0.25, 0.3) is 17.7 Å². The number of carbonyl (C=O) groups is 4. The number of amides is 4. The molecule has 0 radical (unpaired) electrons. The van der Waals surface area contributed by atoms with Gasteiger partial charge in [0.05, 0.1) is 17.2 Å². The number of imide groups is 1. The lowest BCUT2D eigenvalue weighted by atomic mass is 9.88. The van der Waals surface area contributed by atoms with Gasteiger partial charge in [0.1, 0.15) is 6.04 Å². The minimum absolute atomic E-state index is 0.0930. The van der Waals surface area contributed by atoms with Gasteiger partial charge in [0.15, 0.2) is 0 Å². The Morgan fingerprint density at radius 3 is 2.00 bits per heavy atom. The lowest BCUT2D eigenvalue weighted by Crippen LogP contribution is -2.55. The van der Waals surface area contributed by atoms with E-state index >= 15 is 4.79 Å². The van der Waals surface area contributed by atoms with Crippen LogP contribution >= 0.6 is 0 Å². The van der Waals surface area contributed by atoms with E-state index in [1.807, 2.05) is 96.8 Å². The largest absolute Gasteiger partial charge is 0.309 e. The summed E-state index contributed by atoms with van der Waals surface area (Å²) in [5, 5.41) is 0. The zero-order valence-corrected chi connectivity index (χ0v) is 27.8. The normalized spacial score (nSPS) is 17.5. The van der Waals surface area contributed by atoms with Crippen molar-refractivity contribution in [3.63, 3.8) is 0 Å². The fourth-order valence-electron chi connectivity index (χ4n) is 7.23. The van der Waals surface area contributed by atoms with E-state index < -0.39 is 23.9 Å². The fourth-order valence-corrected chi connectivity index (χ4v) is 7.23. The number of benzene rings is 4. The van der Waals surface area contributed by atoms with Gasteiger partial charge in [-0.1, -0.05) is 111 Å². The van der Waals surface area contributed by atoms with Crippen molar-refractivity contribution in [1.82, 2.24) is 4.90 Å². The molecule has 0 unspecified atom stereocenters. The van der Waals surface area contributed by atoms with Gasteiger partial charge in [-0.25, -0.2) is 0 Å². The van der Waals surface area contributed by atoms with Crippen molar-refractivity contribution < 1.29 is 19.2 Å². The van der Waals surface area contributed by atoms with Gasteiger partial charge in [0.2, 0.25) is 5.91 Å². The van der Waals surface area contributed by atoms with Crippen LogP contribution in [-0.4, -0.2) is 40.6 Å². The molecule has 2 aliphatic heterocycles. The highest BCUT2D eigenvalue weighted by Crippen LogP contribution is 2.43. The van der Waals surface area contributed by atoms with Crippen molar-refractivity contribution in [3.8, 4) is 0 Å². The number of carbonyl (C=O) groups excluding carboxylic acids is 4. The summed E-state index contributed by atoms with van der Waals surface area (Å²) in [6.45, 7) is 4.22. The first kappa shape index (κ1) is 32.9. The standard InChI is InChI=1S/C41H43N3O4/c1-3-4-5-6-13-26-38(45)42-29(2)27-36(34-24-16-17-25-35(34)42)43(31-20-11-8-12-21-31)41(48)37(28-30-18-9-7-10-19-30)44-39(46)32-22-14-15-23-33(32)40(44)47/h7-12,14-25,29,36-37H,3-6,13,26-28H2,1-2H3/t29-,36+,37-/m0/s1. The highest BCUT2D eigenvalue weighted by atomic mass is 16.2. The smallest absolute Gasteiger partial charge is 0.262 e. The third-order valence-corrected chi connectivity index (χ3v) is 9.60. The third kappa shape index (κ3) is 6.55. The fraction of sp³-hybridized carbons (Fsp3) is 0.317. The van der Waals surface area contributed by atoms with Crippen LogP contribution in [0.25, 0.3) is 0 Å². The van der Waals surface area contributed by atoms with Gasteiger partial charge in [-0.05, 0) is 61.2 Å². The Kier molecular flexibility index (Phi) is 10.1. The number of anilines is 2. The number of unbranched alkanes of at least 4 members (excludes halogenated alkanes) is 4. The predicted octanol–water partition coefficient (Wildman–Crippen LogP) is 8.15. The number of hydrogen-bond acceptors (Lipinski definition) is 4. The molecule has 0 saturated carbocycles. The molecule has 3 atom stereocenters. The van der Waals surface area contributed by atoms with Crippen LogP contribution in [0, 0.1) is 0 Å². The average molecular weight is 642 g/mol. The number of hydrogen-bond donors (Lipinski definition) is 0. The maximum Gasteiger partial charge on any atom is 0.262 e. The van der Waals surface area contributed by atoms with E-state index in [0.717, 1.165) is 47.4 Å². The maximum absolute atomic E-state index is 15.2. The highest BCUT2D eigenvalue weighted by Gasteiger charge is 2.46. The monoisotopic (exact) mass is 641 g/mol. The summed E-state index contributed by atoms with van der Waals surface area (Å²) < 4.78 is 0. The Bertz CT molecular complexity index is 1740. The Morgan fingerprint density at radius 2 is 1.33 bits per heavy atom. The first-order valence-electron chi connectivity index (χ1n) is 17.2. The van der Waals surface area contributed by atoms with Crippen molar-refractivity contribution in [3.05, 3.63) is 131 Å². The molecule has 4 aromatic carbocycles. The molecule has 2 aliphatic rings. The second kappa shape index (κ2) is 14.8. The van der Waals surface area contributed by atoms with E-state index in [1.54, 1.807) is 29.2 Å². The average Bonchev–Trinajstić information content (AvgIpc) is 3.36. The van der Waals surface area contributed by atoms with Crippen LogP contribution in [0.2, 0.25) is 0 Å². The lowest BCUT2D eigenvalue weighted by molar-refractivity contribution is -0.123. The van der Waals surface area contributed by atoms with E-state index in [1.165, 1.54) is 6.42 Å². The van der Waals surface area contributed by atoms with Crippen LogP contribution in [0.3, 0.4) is 0 Å². The van der Waals surface area contributed by atoms with Gasteiger partial charge in [0, 0.05) is 30.3 Å². The van der Waals surface area contributed by atoms with Gasteiger partial charge in [-0.3, -0.25) is 24.1 Å². The van der Waals surface area contributed by atoms with Gasteiger partial charge >= 0.3 is 0 Å². The minimum Gasteiger partial charge on any atom is -0.309 e. The first-order valence-corrected chi connectivity index (χ1v) is 17.2.